The summed E-state index contributed by atoms with van der Waals surface area (Å²) in [6.45, 7) is 0.941. The molecule has 0 spiro atoms. The van der Waals surface area contributed by atoms with E-state index in [0.29, 0.717) is 18.7 Å². The lowest BCUT2D eigenvalue weighted by molar-refractivity contribution is -0.384. The van der Waals surface area contributed by atoms with Crippen molar-refractivity contribution in [3.63, 3.8) is 0 Å². The first-order valence-electron chi connectivity index (χ1n) is 5.41. The summed E-state index contributed by atoms with van der Waals surface area (Å²) in [6, 6.07) is 5.45. The molecule has 7 heteroatoms. The Hall–Kier alpha value is -2.15. The number of hydrogen-bond donors (Lipinski definition) is 1. The monoisotopic (exact) mass is 252 g/mol. The molecule has 0 radical (unpaired) electrons. The molecule has 1 N–H and O–H groups in total. The van der Waals surface area contributed by atoms with Gasteiger partial charge in [0.25, 0.3) is 5.69 Å². The van der Waals surface area contributed by atoms with Crippen molar-refractivity contribution < 1.29 is 19.6 Å². The first kappa shape index (κ1) is 12.3. The summed E-state index contributed by atoms with van der Waals surface area (Å²) in [5.41, 5.74) is 0.681. The van der Waals surface area contributed by atoms with Gasteiger partial charge >= 0.3 is 6.09 Å². The highest BCUT2D eigenvalue weighted by molar-refractivity contribution is 5.66. The number of non-ortho nitro benzene ring substituents is 1. The second-order valence-electron chi connectivity index (χ2n) is 3.92. The van der Waals surface area contributed by atoms with E-state index >= 15 is 0 Å². The van der Waals surface area contributed by atoms with Gasteiger partial charge in [0.05, 0.1) is 24.2 Å². The van der Waals surface area contributed by atoms with Gasteiger partial charge in [-0.3, -0.25) is 15.0 Å². The van der Waals surface area contributed by atoms with Crippen LogP contribution in [0.4, 0.5) is 10.5 Å². The third-order valence-corrected chi connectivity index (χ3v) is 2.86. The summed E-state index contributed by atoms with van der Waals surface area (Å²) in [6.07, 6.45) is -1.01. The van der Waals surface area contributed by atoms with Gasteiger partial charge in [0.2, 0.25) is 0 Å². The van der Waals surface area contributed by atoms with Crippen molar-refractivity contribution in [2.24, 2.45) is 0 Å². The van der Waals surface area contributed by atoms with Crippen LogP contribution in [0.1, 0.15) is 11.6 Å². The minimum Gasteiger partial charge on any atom is -0.465 e. The normalized spacial score (nSPS) is 19.6. The van der Waals surface area contributed by atoms with Crippen molar-refractivity contribution in [2.75, 3.05) is 19.8 Å². The lowest BCUT2D eigenvalue weighted by Gasteiger charge is -2.33. The number of morpholine rings is 1. The van der Waals surface area contributed by atoms with E-state index in [-0.39, 0.29) is 12.3 Å². The molecule has 1 unspecified atom stereocenters. The van der Waals surface area contributed by atoms with Crippen LogP contribution in [-0.2, 0) is 4.74 Å². The van der Waals surface area contributed by atoms with E-state index in [1.807, 2.05) is 0 Å². The third-order valence-electron chi connectivity index (χ3n) is 2.86. The average Bonchev–Trinajstić information content (AvgIpc) is 2.39. The minimum absolute atomic E-state index is 0.0163. The summed E-state index contributed by atoms with van der Waals surface area (Å²) < 4.78 is 5.26. The fourth-order valence-electron chi connectivity index (χ4n) is 1.93. The van der Waals surface area contributed by atoms with E-state index in [1.54, 1.807) is 12.1 Å². The maximum Gasteiger partial charge on any atom is 0.407 e. The Kier molecular flexibility index (Phi) is 3.42. The second kappa shape index (κ2) is 5.01. The molecule has 1 aliphatic rings. The number of nitro benzene ring substituents is 1. The fraction of sp³-hybridized carbons (Fsp3) is 0.364. The summed E-state index contributed by atoms with van der Waals surface area (Å²) in [7, 11) is 0. The summed E-state index contributed by atoms with van der Waals surface area (Å²) >= 11 is 0. The van der Waals surface area contributed by atoms with Crippen molar-refractivity contribution in [2.45, 2.75) is 6.04 Å². The highest BCUT2D eigenvalue weighted by Crippen LogP contribution is 2.25. The predicted molar refractivity (Wildman–Crippen MR) is 61.4 cm³/mol. The molecule has 1 aromatic carbocycles. The number of rotatable bonds is 2. The molecule has 1 aliphatic heterocycles. The molecule has 1 aromatic rings. The van der Waals surface area contributed by atoms with Gasteiger partial charge in [0.15, 0.2) is 0 Å². The Morgan fingerprint density at radius 1 is 1.44 bits per heavy atom. The zero-order valence-electron chi connectivity index (χ0n) is 9.48. The second-order valence-corrected chi connectivity index (χ2v) is 3.92. The van der Waals surface area contributed by atoms with E-state index in [4.69, 9.17) is 9.84 Å². The third kappa shape index (κ3) is 2.40. The van der Waals surface area contributed by atoms with E-state index in [0.717, 1.165) is 0 Å². The molecule has 1 atom stereocenters. The van der Waals surface area contributed by atoms with Gasteiger partial charge in [-0.25, -0.2) is 4.79 Å². The minimum atomic E-state index is -1.01. The van der Waals surface area contributed by atoms with Crippen molar-refractivity contribution in [1.82, 2.24) is 4.90 Å². The SMILES string of the molecule is O=C(O)N1CCOCC1c1ccc([N+](=O)[O-])cc1. The van der Waals surface area contributed by atoms with Crippen molar-refractivity contribution in [1.29, 1.82) is 0 Å². The van der Waals surface area contributed by atoms with Crippen LogP contribution < -0.4 is 0 Å². The smallest absolute Gasteiger partial charge is 0.407 e. The predicted octanol–water partition coefficient (Wildman–Crippen LogP) is 1.65. The lowest BCUT2D eigenvalue weighted by atomic mass is 10.0. The van der Waals surface area contributed by atoms with Crippen molar-refractivity contribution in [3.05, 3.63) is 39.9 Å². The van der Waals surface area contributed by atoms with E-state index in [9.17, 15) is 14.9 Å². The summed E-state index contributed by atoms with van der Waals surface area (Å²) in [5, 5.41) is 19.6. The molecular formula is C11H12N2O5. The van der Waals surface area contributed by atoms with Crippen molar-refractivity contribution in [3.8, 4) is 0 Å². The van der Waals surface area contributed by atoms with Gasteiger partial charge in [-0.05, 0) is 5.56 Å². The quantitative estimate of drug-likeness (QED) is 0.638. The van der Waals surface area contributed by atoms with E-state index < -0.39 is 17.1 Å². The molecule has 0 aromatic heterocycles. The molecule has 2 rings (SSSR count). The maximum absolute atomic E-state index is 11.1. The van der Waals surface area contributed by atoms with Gasteiger partial charge in [0.1, 0.15) is 0 Å². The summed E-state index contributed by atoms with van der Waals surface area (Å²) in [4.78, 5) is 22.4. The highest BCUT2D eigenvalue weighted by atomic mass is 16.6. The van der Waals surface area contributed by atoms with Crippen LogP contribution in [0.5, 0.6) is 0 Å². The lowest BCUT2D eigenvalue weighted by Crippen LogP contribution is -2.42. The van der Waals surface area contributed by atoms with Gasteiger partial charge in [-0.1, -0.05) is 12.1 Å². The molecule has 1 fully saturated rings. The molecule has 0 bridgehead atoms. The van der Waals surface area contributed by atoms with Crippen LogP contribution in [-0.4, -0.2) is 40.8 Å². The number of carbonyl (C=O) groups is 1. The van der Waals surface area contributed by atoms with Gasteiger partial charge in [0, 0.05) is 18.7 Å². The Morgan fingerprint density at radius 2 is 2.11 bits per heavy atom. The molecule has 0 saturated carbocycles. The fourth-order valence-corrected chi connectivity index (χ4v) is 1.93. The standard InChI is InChI=1S/C11H12N2O5/c14-11(15)12-5-6-18-7-10(12)8-1-3-9(4-2-8)13(16)17/h1-4,10H,5-7H2,(H,14,15). The Bertz CT molecular complexity index is 459. The van der Waals surface area contributed by atoms with E-state index in [2.05, 4.69) is 0 Å². The molecule has 18 heavy (non-hydrogen) atoms. The number of nitrogens with zero attached hydrogens (tertiary/aromatic N) is 2. The Balaban J connectivity index is 2.23. The largest absolute Gasteiger partial charge is 0.465 e. The summed E-state index contributed by atoms with van der Waals surface area (Å²) in [5.74, 6) is 0. The Labute approximate surface area is 103 Å². The maximum atomic E-state index is 11.1. The molecule has 7 nitrogen and oxygen atoms in total. The van der Waals surface area contributed by atoms with Crippen LogP contribution in [0.3, 0.4) is 0 Å². The van der Waals surface area contributed by atoms with Crippen LogP contribution >= 0.6 is 0 Å². The number of hydrogen-bond acceptors (Lipinski definition) is 4. The molecule has 1 saturated heterocycles. The zero-order chi connectivity index (χ0) is 13.1. The first-order valence-corrected chi connectivity index (χ1v) is 5.41. The van der Waals surface area contributed by atoms with Gasteiger partial charge in [-0.15, -0.1) is 0 Å². The van der Waals surface area contributed by atoms with Gasteiger partial charge < -0.3 is 9.84 Å². The topological polar surface area (TPSA) is 92.9 Å². The van der Waals surface area contributed by atoms with Crippen LogP contribution in [0.2, 0.25) is 0 Å². The molecular weight excluding hydrogens is 240 g/mol. The highest BCUT2D eigenvalue weighted by Gasteiger charge is 2.28. The first-order chi connectivity index (χ1) is 8.59. The van der Waals surface area contributed by atoms with Crippen LogP contribution in [0, 0.1) is 10.1 Å². The van der Waals surface area contributed by atoms with Crippen LogP contribution in [0.15, 0.2) is 24.3 Å². The number of amides is 1. The van der Waals surface area contributed by atoms with Crippen molar-refractivity contribution >= 4 is 11.8 Å². The molecule has 96 valence electrons. The molecule has 0 aliphatic carbocycles. The molecule has 1 amide bonds. The molecule has 1 heterocycles. The number of carboxylic acid groups (broad SMARTS) is 1. The number of ether oxygens (including phenoxy) is 1. The number of benzene rings is 1. The van der Waals surface area contributed by atoms with Crippen LogP contribution in [0.25, 0.3) is 0 Å². The number of nitro groups is 1. The zero-order valence-corrected chi connectivity index (χ0v) is 9.48. The van der Waals surface area contributed by atoms with Gasteiger partial charge in [-0.2, -0.15) is 0 Å². The Morgan fingerprint density at radius 3 is 2.67 bits per heavy atom. The average molecular weight is 252 g/mol. The van der Waals surface area contributed by atoms with E-state index in [1.165, 1.54) is 17.0 Å².